The molecule has 0 aliphatic carbocycles. The Morgan fingerprint density at radius 1 is 1.17 bits per heavy atom. The molecule has 0 radical (unpaired) electrons. The quantitative estimate of drug-likeness (QED) is 0.717. The van der Waals surface area contributed by atoms with Crippen molar-refractivity contribution in [3.8, 4) is 11.5 Å². The number of methoxy groups -OCH3 is 3. The molecule has 3 rings (SSSR count). The Bertz CT molecular complexity index is 872. The maximum Gasteiger partial charge on any atom is 0.246 e. The van der Waals surface area contributed by atoms with Gasteiger partial charge in [0.1, 0.15) is 12.4 Å². The van der Waals surface area contributed by atoms with E-state index in [1.54, 1.807) is 26.4 Å². The number of hydrogen-bond donors (Lipinski definition) is 1. The average molecular weight is 416 g/mol. The van der Waals surface area contributed by atoms with E-state index < -0.39 is 0 Å². The number of fused-ring (bicyclic) bond motifs is 1. The van der Waals surface area contributed by atoms with Crippen LogP contribution in [0.3, 0.4) is 0 Å². The number of nitrogens with one attached hydrogen (secondary N) is 1. The lowest BCUT2D eigenvalue weighted by atomic mass is 9.87. The molecule has 2 aromatic rings. The second-order valence-electron chi connectivity index (χ2n) is 7.49. The third kappa shape index (κ3) is 4.91. The third-order valence-corrected chi connectivity index (χ3v) is 5.46. The lowest BCUT2D eigenvalue weighted by Crippen LogP contribution is -2.48. The number of nitrogens with zero attached hydrogens (tertiary/aromatic N) is 1. The SMILES string of the molecule is COCC(=O)N[C@@H](C)[C@H]1c2cc(OC)c(OC)cc2CCN1Cc1ccc(F)cc1. The molecule has 2 atom stereocenters. The predicted octanol–water partition coefficient (Wildman–Crippen LogP) is 3.09. The normalized spacial score (nSPS) is 17.2. The van der Waals surface area contributed by atoms with E-state index in [-0.39, 0.29) is 30.4 Å². The van der Waals surface area contributed by atoms with Gasteiger partial charge < -0.3 is 19.5 Å². The summed E-state index contributed by atoms with van der Waals surface area (Å²) in [5.74, 6) is 0.925. The van der Waals surface area contributed by atoms with Crippen molar-refractivity contribution >= 4 is 5.91 Å². The van der Waals surface area contributed by atoms with E-state index in [4.69, 9.17) is 14.2 Å². The molecule has 0 fully saturated rings. The zero-order chi connectivity index (χ0) is 21.7. The van der Waals surface area contributed by atoms with Crippen LogP contribution in [0, 0.1) is 5.82 Å². The number of rotatable bonds is 8. The summed E-state index contributed by atoms with van der Waals surface area (Å²) >= 11 is 0. The van der Waals surface area contributed by atoms with Crippen LogP contribution in [0.5, 0.6) is 11.5 Å². The molecule has 6 nitrogen and oxygen atoms in total. The number of amides is 1. The zero-order valence-corrected chi connectivity index (χ0v) is 17.9. The average Bonchev–Trinajstić information content (AvgIpc) is 2.74. The molecular formula is C23H29FN2O4. The van der Waals surface area contributed by atoms with Gasteiger partial charge in [-0.1, -0.05) is 12.1 Å². The Balaban J connectivity index is 1.96. The van der Waals surface area contributed by atoms with E-state index in [1.165, 1.54) is 24.8 Å². The van der Waals surface area contributed by atoms with Crippen LogP contribution in [0.2, 0.25) is 0 Å². The van der Waals surface area contributed by atoms with E-state index in [1.807, 2.05) is 19.1 Å². The van der Waals surface area contributed by atoms with Crippen molar-refractivity contribution in [3.05, 3.63) is 58.9 Å². The molecule has 2 aromatic carbocycles. The lowest BCUT2D eigenvalue weighted by Gasteiger charge is -2.41. The van der Waals surface area contributed by atoms with E-state index in [2.05, 4.69) is 10.2 Å². The molecule has 0 saturated heterocycles. The Morgan fingerprint density at radius 2 is 1.83 bits per heavy atom. The van der Waals surface area contributed by atoms with Crippen molar-refractivity contribution in [1.82, 2.24) is 10.2 Å². The Kier molecular flexibility index (Phi) is 7.29. The molecule has 0 aromatic heterocycles. The summed E-state index contributed by atoms with van der Waals surface area (Å²) in [5, 5.41) is 3.04. The molecule has 1 heterocycles. The van der Waals surface area contributed by atoms with Crippen molar-refractivity contribution in [2.24, 2.45) is 0 Å². The molecule has 0 unspecified atom stereocenters. The van der Waals surface area contributed by atoms with Crippen LogP contribution < -0.4 is 14.8 Å². The summed E-state index contributed by atoms with van der Waals surface area (Å²) in [6.07, 6.45) is 0.839. The molecule has 0 saturated carbocycles. The first kappa shape index (κ1) is 22.1. The smallest absolute Gasteiger partial charge is 0.246 e. The first-order valence-corrected chi connectivity index (χ1v) is 9.98. The minimum atomic E-state index is -0.253. The third-order valence-electron chi connectivity index (χ3n) is 5.46. The standard InChI is InChI=1S/C23H29FN2O4/c1-15(25-22(27)14-28-2)23-19-12-21(30-4)20(29-3)11-17(19)9-10-26(23)13-16-5-7-18(24)8-6-16/h5-8,11-12,15,23H,9-10,13-14H2,1-4H3,(H,25,27)/t15-,23-/m0/s1. The van der Waals surface area contributed by atoms with E-state index >= 15 is 0 Å². The highest BCUT2D eigenvalue weighted by Gasteiger charge is 2.33. The van der Waals surface area contributed by atoms with Crippen LogP contribution in [0.4, 0.5) is 4.39 Å². The molecule has 1 amide bonds. The van der Waals surface area contributed by atoms with Crippen molar-refractivity contribution in [3.63, 3.8) is 0 Å². The van der Waals surface area contributed by atoms with Gasteiger partial charge in [-0.25, -0.2) is 4.39 Å². The molecule has 0 spiro atoms. The molecule has 1 aliphatic rings. The summed E-state index contributed by atoms with van der Waals surface area (Å²) < 4.78 is 29.3. The lowest BCUT2D eigenvalue weighted by molar-refractivity contribution is -0.125. The number of carbonyl (C=O) groups excluding carboxylic acids is 1. The number of ether oxygens (including phenoxy) is 3. The van der Waals surface area contributed by atoms with E-state index in [0.29, 0.717) is 18.0 Å². The second kappa shape index (κ2) is 9.91. The van der Waals surface area contributed by atoms with Gasteiger partial charge in [-0.3, -0.25) is 9.69 Å². The summed E-state index contributed by atoms with van der Waals surface area (Å²) in [7, 11) is 4.74. The van der Waals surface area contributed by atoms with Crippen LogP contribution >= 0.6 is 0 Å². The maximum atomic E-state index is 13.3. The van der Waals surface area contributed by atoms with Crippen molar-refractivity contribution in [2.45, 2.75) is 32.0 Å². The van der Waals surface area contributed by atoms with Crippen LogP contribution in [-0.2, 0) is 22.5 Å². The van der Waals surface area contributed by atoms with Gasteiger partial charge in [-0.15, -0.1) is 0 Å². The van der Waals surface area contributed by atoms with Gasteiger partial charge in [0.25, 0.3) is 0 Å². The maximum absolute atomic E-state index is 13.3. The number of carbonyl (C=O) groups is 1. The number of halogens is 1. The monoisotopic (exact) mass is 416 g/mol. The molecule has 0 bridgehead atoms. The Labute approximate surface area is 176 Å². The minimum Gasteiger partial charge on any atom is -0.493 e. The minimum absolute atomic E-state index is 0.00775. The molecule has 7 heteroatoms. The topological polar surface area (TPSA) is 60.0 Å². The summed E-state index contributed by atoms with van der Waals surface area (Å²) in [6, 6.07) is 10.3. The molecule has 30 heavy (non-hydrogen) atoms. The van der Waals surface area contributed by atoms with Crippen molar-refractivity contribution in [2.75, 3.05) is 34.5 Å². The van der Waals surface area contributed by atoms with Crippen LogP contribution in [0.25, 0.3) is 0 Å². The van der Waals surface area contributed by atoms with Gasteiger partial charge in [0.15, 0.2) is 11.5 Å². The molecule has 1 aliphatic heterocycles. The highest BCUT2D eigenvalue weighted by Crippen LogP contribution is 2.40. The van der Waals surface area contributed by atoms with E-state index in [0.717, 1.165) is 24.1 Å². The zero-order valence-electron chi connectivity index (χ0n) is 17.9. The Hall–Kier alpha value is -2.64. The van der Waals surface area contributed by atoms with Gasteiger partial charge >= 0.3 is 0 Å². The fourth-order valence-electron chi connectivity index (χ4n) is 4.12. The van der Waals surface area contributed by atoms with Crippen molar-refractivity contribution < 1.29 is 23.4 Å². The van der Waals surface area contributed by atoms with E-state index in [9.17, 15) is 9.18 Å². The highest BCUT2D eigenvalue weighted by molar-refractivity contribution is 5.77. The predicted molar refractivity (Wildman–Crippen MR) is 112 cm³/mol. The summed E-state index contributed by atoms with van der Waals surface area (Å²) in [5.41, 5.74) is 3.27. The van der Waals surface area contributed by atoms with Gasteiger partial charge in [0, 0.05) is 26.2 Å². The highest BCUT2D eigenvalue weighted by atomic mass is 19.1. The Morgan fingerprint density at radius 3 is 2.47 bits per heavy atom. The van der Waals surface area contributed by atoms with Gasteiger partial charge in [-0.05, 0) is 54.3 Å². The van der Waals surface area contributed by atoms with Crippen LogP contribution in [0.1, 0.15) is 29.7 Å². The second-order valence-corrected chi connectivity index (χ2v) is 7.49. The summed E-state index contributed by atoms with van der Waals surface area (Å²) in [6.45, 7) is 3.44. The van der Waals surface area contributed by atoms with Gasteiger partial charge in [-0.2, -0.15) is 0 Å². The fraction of sp³-hybridized carbons (Fsp3) is 0.435. The van der Waals surface area contributed by atoms with Crippen molar-refractivity contribution in [1.29, 1.82) is 0 Å². The molecular weight excluding hydrogens is 387 g/mol. The van der Waals surface area contributed by atoms with Gasteiger partial charge in [0.05, 0.1) is 20.3 Å². The number of hydrogen-bond acceptors (Lipinski definition) is 5. The fourth-order valence-corrected chi connectivity index (χ4v) is 4.12. The molecule has 1 N–H and O–H groups in total. The first-order chi connectivity index (χ1) is 14.5. The van der Waals surface area contributed by atoms with Crippen LogP contribution in [0.15, 0.2) is 36.4 Å². The van der Waals surface area contributed by atoms with Gasteiger partial charge in [0.2, 0.25) is 5.91 Å². The first-order valence-electron chi connectivity index (χ1n) is 9.98. The largest absolute Gasteiger partial charge is 0.493 e. The van der Waals surface area contributed by atoms with Crippen LogP contribution in [-0.4, -0.2) is 51.3 Å². The number of benzene rings is 2. The summed E-state index contributed by atoms with van der Waals surface area (Å²) in [4.78, 5) is 14.5. The molecule has 162 valence electrons.